The zero-order chi connectivity index (χ0) is 14.1. The Morgan fingerprint density at radius 3 is 2.84 bits per heavy atom. The SMILES string of the molecule is COCCOCCCC(=O)Nc1ccc(F)cc1N. The minimum atomic E-state index is -0.429. The van der Waals surface area contributed by atoms with Crippen LogP contribution in [-0.4, -0.2) is 32.8 Å². The molecular formula is C13H19FN2O3. The van der Waals surface area contributed by atoms with Crippen molar-refractivity contribution in [1.29, 1.82) is 0 Å². The molecule has 1 aromatic rings. The molecule has 0 bridgehead atoms. The smallest absolute Gasteiger partial charge is 0.224 e. The van der Waals surface area contributed by atoms with Crippen LogP contribution in [0.5, 0.6) is 0 Å². The van der Waals surface area contributed by atoms with Gasteiger partial charge in [0.2, 0.25) is 5.91 Å². The first-order chi connectivity index (χ1) is 9.13. The van der Waals surface area contributed by atoms with Gasteiger partial charge in [-0.15, -0.1) is 0 Å². The summed E-state index contributed by atoms with van der Waals surface area (Å²) in [7, 11) is 1.60. The molecule has 1 aromatic carbocycles. The van der Waals surface area contributed by atoms with E-state index in [0.29, 0.717) is 38.3 Å². The number of hydrogen-bond acceptors (Lipinski definition) is 4. The van der Waals surface area contributed by atoms with Gasteiger partial charge in [0.15, 0.2) is 0 Å². The standard InChI is InChI=1S/C13H19FN2O3/c1-18-7-8-19-6-2-3-13(17)16-12-5-4-10(14)9-11(12)15/h4-5,9H,2-3,6-8,15H2,1H3,(H,16,17). The van der Waals surface area contributed by atoms with Crippen LogP contribution in [0.3, 0.4) is 0 Å². The molecule has 0 aromatic heterocycles. The first-order valence-electron chi connectivity index (χ1n) is 6.05. The number of nitrogens with two attached hydrogens (primary N) is 1. The van der Waals surface area contributed by atoms with E-state index in [0.717, 1.165) is 0 Å². The van der Waals surface area contributed by atoms with E-state index in [9.17, 15) is 9.18 Å². The van der Waals surface area contributed by atoms with E-state index < -0.39 is 5.82 Å². The van der Waals surface area contributed by atoms with E-state index in [2.05, 4.69) is 5.32 Å². The van der Waals surface area contributed by atoms with E-state index in [1.807, 2.05) is 0 Å². The van der Waals surface area contributed by atoms with Crippen molar-refractivity contribution in [2.75, 3.05) is 38.0 Å². The summed E-state index contributed by atoms with van der Waals surface area (Å²) in [4.78, 5) is 11.6. The number of methoxy groups -OCH3 is 1. The van der Waals surface area contributed by atoms with Crippen LogP contribution in [-0.2, 0) is 14.3 Å². The van der Waals surface area contributed by atoms with Gasteiger partial charge < -0.3 is 20.5 Å². The highest BCUT2D eigenvalue weighted by atomic mass is 19.1. The number of benzene rings is 1. The number of nitrogens with one attached hydrogen (secondary N) is 1. The Morgan fingerprint density at radius 1 is 1.37 bits per heavy atom. The van der Waals surface area contributed by atoms with Crippen molar-refractivity contribution in [3.05, 3.63) is 24.0 Å². The van der Waals surface area contributed by atoms with Crippen LogP contribution in [0.2, 0.25) is 0 Å². The molecule has 6 heteroatoms. The van der Waals surface area contributed by atoms with Gasteiger partial charge in [-0.05, 0) is 24.6 Å². The number of nitrogen functional groups attached to an aromatic ring is 1. The number of halogens is 1. The number of ether oxygens (including phenoxy) is 2. The summed E-state index contributed by atoms with van der Waals surface area (Å²) in [5.41, 5.74) is 6.22. The van der Waals surface area contributed by atoms with E-state index >= 15 is 0 Å². The Morgan fingerprint density at radius 2 is 2.16 bits per heavy atom. The highest BCUT2D eigenvalue weighted by Crippen LogP contribution is 2.19. The second-order valence-electron chi connectivity index (χ2n) is 3.99. The quantitative estimate of drug-likeness (QED) is 0.558. The van der Waals surface area contributed by atoms with Gasteiger partial charge in [0, 0.05) is 20.1 Å². The molecule has 0 aliphatic carbocycles. The molecule has 0 aliphatic heterocycles. The monoisotopic (exact) mass is 270 g/mol. The molecule has 5 nitrogen and oxygen atoms in total. The number of amides is 1. The van der Waals surface area contributed by atoms with Crippen molar-refractivity contribution in [2.24, 2.45) is 0 Å². The number of carbonyl (C=O) groups is 1. The maximum Gasteiger partial charge on any atom is 0.224 e. The summed E-state index contributed by atoms with van der Waals surface area (Å²) < 4.78 is 22.9. The summed E-state index contributed by atoms with van der Waals surface area (Å²) >= 11 is 0. The molecular weight excluding hydrogens is 251 g/mol. The highest BCUT2D eigenvalue weighted by molar-refractivity contribution is 5.93. The van der Waals surface area contributed by atoms with Gasteiger partial charge >= 0.3 is 0 Å². The van der Waals surface area contributed by atoms with Gasteiger partial charge in [0.1, 0.15) is 5.82 Å². The minimum absolute atomic E-state index is 0.173. The van der Waals surface area contributed by atoms with Gasteiger partial charge in [-0.3, -0.25) is 4.79 Å². The fraction of sp³-hybridized carbons (Fsp3) is 0.462. The molecule has 0 aliphatic rings. The molecule has 0 heterocycles. The zero-order valence-electron chi connectivity index (χ0n) is 10.9. The Bertz CT molecular complexity index is 413. The van der Waals surface area contributed by atoms with Crippen LogP contribution in [0, 0.1) is 5.82 Å². The van der Waals surface area contributed by atoms with E-state index in [4.69, 9.17) is 15.2 Å². The number of anilines is 2. The molecule has 0 radical (unpaired) electrons. The maximum atomic E-state index is 12.8. The maximum absolute atomic E-state index is 12.8. The Kier molecular flexibility index (Phi) is 6.84. The first-order valence-corrected chi connectivity index (χ1v) is 6.05. The van der Waals surface area contributed by atoms with Crippen molar-refractivity contribution in [1.82, 2.24) is 0 Å². The highest BCUT2D eigenvalue weighted by Gasteiger charge is 2.05. The second-order valence-corrected chi connectivity index (χ2v) is 3.99. The molecule has 0 saturated heterocycles. The molecule has 0 atom stereocenters. The van der Waals surface area contributed by atoms with Crippen molar-refractivity contribution in [3.8, 4) is 0 Å². The average molecular weight is 270 g/mol. The largest absolute Gasteiger partial charge is 0.397 e. The Hall–Kier alpha value is -1.66. The molecule has 106 valence electrons. The lowest BCUT2D eigenvalue weighted by atomic mass is 10.2. The lowest BCUT2D eigenvalue weighted by molar-refractivity contribution is -0.116. The van der Waals surface area contributed by atoms with Crippen molar-refractivity contribution >= 4 is 17.3 Å². The van der Waals surface area contributed by atoms with Crippen LogP contribution in [0.15, 0.2) is 18.2 Å². The molecule has 0 fully saturated rings. The predicted molar refractivity (Wildman–Crippen MR) is 71.4 cm³/mol. The van der Waals surface area contributed by atoms with Gasteiger partial charge in [0.05, 0.1) is 24.6 Å². The number of hydrogen-bond donors (Lipinski definition) is 2. The molecule has 3 N–H and O–H groups in total. The summed E-state index contributed by atoms with van der Waals surface area (Å²) in [6.07, 6.45) is 0.931. The zero-order valence-corrected chi connectivity index (χ0v) is 10.9. The topological polar surface area (TPSA) is 73.6 Å². The fourth-order valence-corrected chi connectivity index (χ4v) is 1.44. The first kappa shape index (κ1) is 15.4. The minimum Gasteiger partial charge on any atom is -0.397 e. The van der Waals surface area contributed by atoms with Gasteiger partial charge in [-0.2, -0.15) is 0 Å². The van der Waals surface area contributed by atoms with E-state index in [1.54, 1.807) is 7.11 Å². The van der Waals surface area contributed by atoms with Crippen LogP contribution in [0.25, 0.3) is 0 Å². The molecule has 0 spiro atoms. The summed E-state index contributed by atoms with van der Waals surface area (Å²) in [6, 6.07) is 3.86. The summed E-state index contributed by atoms with van der Waals surface area (Å²) in [6.45, 7) is 1.55. The third-order valence-electron chi connectivity index (χ3n) is 2.41. The van der Waals surface area contributed by atoms with Gasteiger partial charge in [-0.1, -0.05) is 0 Å². The third kappa shape index (κ3) is 6.17. The molecule has 19 heavy (non-hydrogen) atoms. The summed E-state index contributed by atoms with van der Waals surface area (Å²) in [5, 5.41) is 2.63. The predicted octanol–water partition coefficient (Wildman–Crippen LogP) is 1.79. The van der Waals surface area contributed by atoms with Gasteiger partial charge in [0.25, 0.3) is 0 Å². The van der Waals surface area contributed by atoms with E-state index in [-0.39, 0.29) is 11.6 Å². The fourth-order valence-electron chi connectivity index (χ4n) is 1.44. The van der Waals surface area contributed by atoms with Crippen LogP contribution >= 0.6 is 0 Å². The molecule has 1 rings (SSSR count). The van der Waals surface area contributed by atoms with Crippen molar-refractivity contribution in [2.45, 2.75) is 12.8 Å². The third-order valence-corrected chi connectivity index (χ3v) is 2.41. The van der Waals surface area contributed by atoms with Gasteiger partial charge in [-0.25, -0.2) is 4.39 Å². The van der Waals surface area contributed by atoms with Crippen molar-refractivity contribution in [3.63, 3.8) is 0 Å². The van der Waals surface area contributed by atoms with E-state index in [1.165, 1.54) is 18.2 Å². The molecule has 0 unspecified atom stereocenters. The Labute approximate surface area is 111 Å². The number of rotatable bonds is 8. The van der Waals surface area contributed by atoms with Crippen LogP contribution in [0.1, 0.15) is 12.8 Å². The Balaban J connectivity index is 2.23. The summed E-state index contributed by atoms with van der Waals surface area (Å²) in [5.74, 6) is -0.601. The molecule has 0 saturated carbocycles. The number of carbonyl (C=O) groups excluding carboxylic acids is 1. The van der Waals surface area contributed by atoms with Crippen LogP contribution < -0.4 is 11.1 Å². The average Bonchev–Trinajstić information content (AvgIpc) is 2.37. The second kappa shape index (κ2) is 8.44. The van der Waals surface area contributed by atoms with Crippen LogP contribution in [0.4, 0.5) is 15.8 Å². The lowest BCUT2D eigenvalue weighted by Gasteiger charge is -2.08. The normalized spacial score (nSPS) is 10.4. The lowest BCUT2D eigenvalue weighted by Crippen LogP contribution is -2.14. The molecule has 1 amide bonds. The van der Waals surface area contributed by atoms with Crippen molar-refractivity contribution < 1.29 is 18.7 Å².